The van der Waals surface area contributed by atoms with Crippen LogP contribution in [0.25, 0.3) is 0 Å². The van der Waals surface area contributed by atoms with Crippen molar-refractivity contribution in [2.45, 2.75) is 57.5 Å². The lowest BCUT2D eigenvalue weighted by Crippen LogP contribution is -2.26. The predicted octanol–water partition coefficient (Wildman–Crippen LogP) is 2.08. The Bertz CT molecular complexity index is 138. The minimum absolute atomic E-state index is 0.168. The van der Waals surface area contributed by atoms with Gasteiger partial charge in [0.2, 0.25) is 0 Å². The van der Waals surface area contributed by atoms with Crippen LogP contribution in [0, 0.1) is 0 Å². The molecular weight excluding hydrogens is 140 g/mol. The summed E-state index contributed by atoms with van der Waals surface area (Å²) in [5.74, 6) is -0.168. The van der Waals surface area contributed by atoms with Crippen LogP contribution >= 0.6 is 0 Å². The van der Waals surface area contributed by atoms with E-state index in [2.05, 4.69) is 13.8 Å². The van der Waals surface area contributed by atoms with Gasteiger partial charge in [-0.15, -0.1) is 0 Å². The highest BCUT2D eigenvalue weighted by Gasteiger charge is 2.45. The van der Waals surface area contributed by atoms with Crippen LogP contribution in [0.15, 0.2) is 0 Å². The van der Waals surface area contributed by atoms with Gasteiger partial charge in [0.05, 0.1) is 12.2 Å². The summed E-state index contributed by atoms with van der Waals surface area (Å²) < 4.78 is 11.6. The maximum absolute atomic E-state index is 5.80. The molecule has 1 saturated carbocycles. The molecule has 1 unspecified atom stereocenters. The summed E-state index contributed by atoms with van der Waals surface area (Å²) >= 11 is 0. The average molecular weight is 156 g/mol. The summed E-state index contributed by atoms with van der Waals surface area (Å²) in [4.78, 5) is 0. The molecule has 64 valence electrons. The third-order valence-corrected chi connectivity index (χ3v) is 2.83. The zero-order valence-corrected chi connectivity index (χ0v) is 7.30. The molecule has 1 heterocycles. The van der Waals surface area contributed by atoms with Crippen molar-refractivity contribution in [1.82, 2.24) is 0 Å². The van der Waals surface area contributed by atoms with Crippen LogP contribution in [0.5, 0.6) is 0 Å². The molecule has 2 rings (SSSR count). The Kier molecular flexibility index (Phi) is 1.69. The van der Waals surface area contributed by atoms with Crippen LogP contribution in [0.3, 0.4) is 0 Å². The second-order valence-electron chi connectivity index (χ2n) is 3.76. The van der Waals surface area contributed by atoms with E-state index in [4.69, 9.17) is 9.47 Å². The average Bonchev–Trinajstić information content (AvgIpc) is 2.46. The second-order valence-corrected chi connectivity index (χ2v) is 3.76. The van der Waals surface area contributed by atoms with Crippen molar-refractivity contribution in [3.05, 3.63) is 0 Å². The highest BCUT2D eigenvalue weighted by molar-refractivity contribution is 4.85. The molecule has 0 aromatic carbocycles. The minimum atomic E-state index is -0.168. The topological polar surface area (TPSA) is 18.5 Å². The molecule has 2 atom stereocenters. The molecule has 0 aromatic rings. The van der Waals surface area contributed by atoms with Crippen LogP contribution in [0.4, 0.5) is 0 Å². The molecule has 2 fully saturated rings. The quantitative estimate of drug-likeness (QED) is 0.534. The molecule has 0 aromatic heterocycles. The zero-order valence-electron chi connectivity index (χ0n) is 7.30. The van der Waals surface area contributed by atoms with Gasteiger partial charge in [-0.25, -0.2) is 0 Å². The lowest BCUT2D eigenvalue weighted by molar-refractivity contribution is -0.166. The van der Waals surface area contributed by atoms with Gasteiger partial charge in [-0.2, -0.15) is 0 Å². The Labute approximate surface area is 67.9 Å². The molecule has 2 aliphatic rings. The first kappa shape index (κ1) is 7.56. The van der Waals surface area contributed by atoms with Gasteiger partial charge in [-0.1, -0.05) is 0 Å². The number of hydrogen-bond donors (Lipinski definition) is 0. The number of hydrogen-bond acceptors (Lipinski definition) is 2. The first-order valence-corrected chi connectivity index (χ1v) is 4.57. The molecule has 0 radical (unpaired) electrons. The Morgan fingerprint density at radius 3 is 1.91 bits per heavy atom. The van der Waals surface area contributed by atoms with E-state index in [-0.39, 0.29) is 18.0 Å². The molecule has 11 heavy (non-hydrogen) atoms. The molecule has 2 heteroatoms. The van der Waals surface area contributed by atoms with E-state index in [1.54, 1.807) is 0 Å². The monoisotopic (exact) mass is 156 g/mol. The Hall–Kier alpha value is -0.0800. The summed E-state index contributed by atoms with van der Waals surface area (Å²) in [6, 6.07) is 0. The Morgan fingerprint density at radius 2 is 1.45 bits per heavy atom. The van der Waals surface area contributed by atoms with Crippen LogP contribution < -0.4 is 0 Å². The Balaban J connectivity index is 2.06. The summed E-state index contributed by atoms with van der Waals surface area (Å²) in [7, 11) is 0. The maximum Gasteiger partial charge on any atom is 0.169 e. The van der Waals surface area contributed by atoms with Gasteiger partial charge in [0.15, 0.2) is 5.79 Å². The highest BCUT2D eigenvalue weighted by atomic mass is 16.8. The first-order valence-electron chi connectivity index (χ1n) is 4.57. The smallest absolute Gasteiger partial charge is 0.169 e. The zero-order chi connectivity index (χ0) is 7.90. The van der Waals surface area contributed by atoms with E-state index < -0.39 is 0 Å². The standard InChI is InChI=1S/C9H16O2/c1-7-8(2)11-9(10-7)5-3-4-6-9/h7-8H,3-6H2,1-2H3/t7-,8?/m1/s1. The van der Waals surface area contributed by atoms with Crippen LogP contribution in [-0.2, 0) is 9.47 Å². The summed E-state index contributed by atoms with van der Waals surface area (Å²) in [6.45, 7) is 4.19. The van der Waals surface area contributed by atoms with Gasteiger partial charge in [0.1, 0.15) is 0 Å². The van der Waals surface area contributed by atoms with Gasteiger partial charge >= 0.3 is 0 Å². The van der Waals surface area contributed by atoms with Crippen molar-refractivity contribution in [3.63, 3.8) is 0 Å². The van der Waals surface area contributed by atoms with Gasteiger partial charge < -0.3 is 9.47 Å². The van der Waals surface area contributed by atoms with E-state index in [0.29, 0.717) is 0 Å². The molecule has 1 saturated heterocycles. The van der Waals surface area contributed by atoms with Crippen LogP contribution in [0.1, 0.15) is 39.5 Å². The first-order chi connectivity index (χ1) is 5.22. The molecule has 1 aliphatic heterocycles. The predicted molar refractivity (Wildman–Crippen MR) is 42.3 cm³/mol. The minimum Gasteiger partial charge on any atom is -0.344 e. The van der Waals surface area contributed by atoms with Crippen LogP contribution in [-0.4, -0.2) is 18.0 Å². The molecule has 0 bridgehead atoms. The fourth-order valence-corrected chi connectivity index (χ4v) is 2.05. The SMILES string of the molecule is CC1OC2(CCCC2)O[C@@H]1C. The lowest BCUT2D eigenvalue weighted by Gasteiger charge is -2.21. The third kappa shape index (κ3) is 1.18. The molecule has 0 amide bonds. The van der Waals surface area contributed by atoms with Crippen molar-refractivity contribution < 1.29 is 9.47 Å². The normalized spacial score (nSPS) is 42.0. The number of rotatable bonds is 0. The van der Waals surface area contributed by atoms with Crippen molar-refractivity contribution in [1.29, 1.82) is 0 Å². The van der Waals surface area contributed by atoms with E-state index >= 15 is 0 Å². The molecule has 1 spiro atoms. The number of ether oxygens (including phenoxy) is 2. The molecular formula is C9H16O2. The van der Waals surface area contributed by atoms with E-state index in [0.717, 1.165) is 12.8 Å². The fourth-order valence-electron chi connectivity index (χ4n) is 2.05. The second kappa shape index (κ2) is 2.46. The summed E-state index contributed by atoms with van der Waals surface area (Å²) in [5.41, 5.74) is 0. The maximum atomic E-state index is 5.80. The fraction of sp³-hybridized carbons (Fsp3) is 1.00. The van der Waals surface area contributed by atoms with Crippen molar-refractivity contribution in [3.8, 4) is 0 Å². The van der Waals surface area contributed by atoms with Crippen molar-refractivity contribution in [2.75, 3.05) is 0 Å². The summed E-state index contributed by atoms with van der Waals surface area (Å²) in [6.07, 6.45) is 5.30. The van der Waals surface area contributed by atoms with Crippen LogP contribution in [0.2, 0.25) is 0 Å². The Morgan fingerprint density at radius 1 is 1.00 bits per heavy atom. The van der Waals surface area contributed by atoms with E-state index in [1.807, 2.05) is 0 Å². The third-order valence-electron chi connectivity index (χ3n) is 2.83. The highest BCUT2D eigenvalue weighted by Crippen LogP contribution is 2.41. The molecule has 0 N–H and O–H groups in total. The van der Waals surface area contributed by atoms with Gasteiger partial charge in [-0.3, -0.25) is 0 Å². The molecule has 2 nitrogen and oxygen atoms in total. The van der Waals surface area contributed by atoms with E-state index in [9.17, 15) is 0 Å². The van der Waals surface area contributed by atoms with Crippen molar-refractivity contribution >= 4 is 0 Å². The van der Waals surface area contributed by atoms with Gasteiger partial charge in [-0.05, 0) is 26.7 Å². The van der Waals surface area contributed by atoms with E-state index in [1.165, 1.54) is 12.8 Å². The molecule has 1 aliphatic carbocycles. The summed E-state index contributed by atoms with van der Waals surface area (Å²) in [5, 5.41) is 0. The van der Waals surface area contributed by atoms with Crippen molar-refractivity contribution in [2.24, 2.45) is 0 Å². The van der Waals surface area contributed by atoms with Gasteiger partial charge in [0.25, 0.3) is 0 Å². The lowest BCUT2D eigenvalue weighted by atomic mass is 10.2. The largest absolute Gasteiger partial charge is 0.344 e. The van der Waals surface area contributed by atoms with Gasteiger partial charge in [0, 0.05) is 12.8 Å².